The van der Waals surface area contributed by atoms with Gasteiger partial charge in [-0.25, -0.2) is 0 Å². The first kappa shape index (κ1) is 11.0. The molecule has 0 saturated heterocycles. The molecule has 2 aromatic heterocycles. The minimum absolute atomic E-state index is 0.727. The first-order chi connectivity index (χ1) is 8.72. The predicted octanol–water partition coefficient (Wildman–Crippen LogP) is 3.10. The molecule has 2 heterocycles. The summed E-state index contributed by atoms with van der Waals surface area (Å²) in [6.07, 6.45) is 0. The second-order valence-corrected chi connectivity index (χ2v) is 4.58. The van der Waals surface area contributed by atoms with Gasteiger partial charge in [-0.3, -0.25) is 9.67 Å². The first-order valence-corrected chi connectivity index (χ1v) is 6.08. The highest BCUT2D eigenvalue weighted by Crippen LogP contribution is 2.13. The number of hydrogen-bond donors (Lipinski definition) is 0. The van der Waals surface area contributed by atoms with Crippen LogP contribution in [0.5, 0.6) is 0 Å². The lowest BCUT2D eigenvalue weighted by Crippen LogP contribution is -2.05. The average molecular weight is 237 g/mol. The molecule has 1 aromatic carbocycles. The van der Waals surface area contributed by atoms with Crippen LogP contribution in [0.2, 0.25) is 0 Å². The molecule has 0 fully saturated rings. The van der Waals surface area contributed by atoms with Crippen molar-refractivity contribution in [3.63, 3.8) is 0 Å². The monoisotopic (exact) mass is 237 g/mol. The van der Waals surface area contributed by atoms with Crippen LogP contribution >= 0.6 is 0 Å². The highest BCUT2D eigenvalue weighted by molar-refractivity contribution is 5.78. The van der Waals surface area contributed by atoms with Crippen molar-refractivity contribution in [2.45, 2.75) is 20.4 Å². The van der Waals surface area contributed by atoms with Crippen molar-refractivity contribution >= 4 is 10.9 Å². The summed E-state index contributed by atoms with van der Waals surface area (Å²) in [6, 6.07) is 14.4. The molecular weight excluding hydrogens is 222 g/mol. The minimum atomic E-state index is 0.727. The van der Waals surface area contributed by atoms with Crippen LogP contribution < -0.4 is 0 Å². The zero-order valence-electron chi connectivity index (χ0n) is 10.6. The topological polar surface area (TPSA) is 30.7 Å². The third-order valence-corrected chi connectivity index (χ3v) is 3.07. The van der Waals surface area contributed by atoms with E-state index in [9.17, 15) is 0 Å². The summed E-state index contributed by atoms with van der Waals surface area (Å²) in [5, 5.41) is 5.64. The summed E-state index contributed by atoms with van der Waals surface area (Å²) in [6.45, 7) is 4.81. The summed E-state index contributed by atoms with van der Waals surface area (Å²) in [5.74, 6) is 0. The fourth-order valence-electron chi connectivity index (χ4n) is 2.18. The van der Waals surface area contributed by atoms with E-state index < -0.39 is 0 Å². The van der Waals surface area contributed by atoms with Crippen LogP contribution in [0.25, 0.3) is 10.9 Å². The highest BCUT2D eigenvalue weighted by Gasteiger charge is 2.03. The van der Waals surface area contributed by atoms with Crippen molar-refractivity contribution in [2.75, 3.05) is 0 Å². The molecule has 18 heavy (non-hydrogen) atoms. The van der Waals surface area contributed by atoms with Crippen molar-refractivity contribution in [3.05, 3.63) is 59.5 Å². The van der Waals surface area contributed by atoms with Crippen LogP contribution in [0.4, 0.5) is 0 Å². The lowest BCUT2D eigenvalue weighted by atomic mass is 10.2. The molecule has 0 spiro atoms. The molecule has 3 nitrogen and oxygen atoms in total. The summed E-state index contributed by atoms with van der Waals surface area (Å²) in [4.78, 5) is 4.66. The van der Waals surface area contributed by atoms with Crippen LogP contribution in [0, 0.1) is 13.8 Å². The molecular formula is C15H15N3. The fourth-order valence-corrected chi connectivity index (χ4v) is 2.18. The number of rotatable bonds is 2. The van der Waals surface area contributed by atoms with E-state index in [4.69, 9.17) is 0 Å². The van der Waals surface area contributed by atoms with Crippen molar-refractivity contribution < 1.29 is 0 Å². The number of pyridine rings is 1. The van der Waals surface area contributed by atoms with Gasteiger partial charge in [0, 0.05) is 11.1 Å². The Kier molecular flexibility index (Phi) is 2.59. The van der Waals surface area contributed by atoms with Crippen LogP contribution in [0.3, 0.4) is 0 Å². The number of nitrogens with zero attached hydrogens (tertiary/aromatic N) is 3. The lowest BCUT2D eigenvalue weighted by Gasteiger charge is -2.05. The van der Waals surface area contributed by atoms with Crippen LogP contribution in [-0.2, 0) is 6.54 Å². The van der Waals surface area contributed by atoms with E-state index in [0.717, 1.165) is 23.4 Å². The Morgan fingerprint density at radius 3 is 2.67 bits per heavy atom. The van der Waals surface area contributed by atoms with Gasteiger partial charge in [-0.1, -0.05) is 24.3 Å². The van der Waals surface area contributed by atoms with Gasteiger partial charge < -0.3 is 0 Å². The maximum atomic E-state index is 4.66. The van der Waals surface area contributed by atoms with E-state index >= 15 is 0 Å². The summed E-state index contributed by atoms with van der Waals surface area (Å²) in [7, 11) is 0. The SMILES string of the molecule is Cc1cc(C)n(Cc2ccc3ccccc3n2)n1. The second-order valence-electron chi connectivity index (χ2n) is 4.58. The highest BCUT2D eigenvalue weighted by atomic mass is 15.3. The number of hydrogen-bond acceptors (Lipinski definition) is 2. The van der Waals surface area contributed by atoms with Gasteiger partial charge in [0.25, 0.3) is 0 Å². The van der Waals surface area contributed by atoms with E-state index in [0.29, 0.717) is 0 Å². The zero-order chi connectivity index (χ0) is 12.5. The number of aryl methyl sites for hydroxylation is 2. The maximum Gasteiger partial charge on any atom is 0.0834 e. The van der Waals surface area contributed by atoms with E-state index in [-0.39, 0.29) is 0 Å². The third kappa shape index (κ3) is 1.99. The normalized spacial score (nSPS) is 11.0. The molecule has 0 radical (unpaired) electrons. The van der Waals surface area contributed by atoms with E-state index in [1.54, 1.807) is 0 Å². The number of benzene rings is 1. The summed E-state index contributed by atoms with van der Waals surface area (Å²) >= 11 is 0. The Hall–Kier alpha value is -2.16. The largest absolute Gasteiger partial charge is 0.264 e. The van der Waals surface area contributed by atoms with Crippen LogP contribution in [-0.4, -0.2) is 14.8 Å². The molecule has 3 heteroatoms. The Morgan fingerprint density at radius 2 is 1.89 bits per heavy atom. The average Bonchev–Trinajstić information content (AvgIpc) is 2.68. The molecule has 90 valence electrons. The molecule has 0 atom stereocenters. The van der Waals surface area contributed by atoms with E-state index in [2.05, 4.69) is 41.3 Å². The third-order valence-electron chi connectivity index (χ3n) is 3.07. The molecule has 0 amide bonds. The smallest absolute Gasteiger partial charge is 0.0834 e. The van der Waals surface area contributed by atoms with Crippen molar-refractivity contribution in [1.29, 1.82) is 0 Å². The molecule has 0 aliphatic rings. The molecule has 3 aromatic rings. The van der Waals surface area contributed by atoms with Gasteiger partial charge in [0.15, 0.2) is 0 Å². The summed E-state index contributed by atoms with van der Waals surface area (Å²) in [5.41, 5.74) is 4.30. The molecule has 0 aliphatic carbocycles. The Balaban J connectivity index is 1.97. The molecule has 0 N–H and O–H groups in total. The van der Waals surface area contributed by atoms with Crippen molar-refractivity contribution in [3.8, 4) is 0 Å². The number of para-hydroxylation sites is 1. The van der Waals surface area contributed by atoms with Crippen molar-refractivity contribution in [1.82, 2.24) is 14.8 Å². The molecule has 0 aliphatic heterocycles. The maximum absolute atomic E-state index is 4.66. The summed E-state index contributed by atoms with van der Waals surface area (Å²) < 4.78 is 1.99. The van der Waals surface area contributed by atoms with Gasteiger partial charge in [0.2, 0.25) is 0 Å². The Bertz CT molecular complexity index is 698. The number of aromatic nitrogens is 3. The van der Waals surface area contributed by atoms with Gasteiger partial charge >= 0.3 is 0 Å². The van der Waals surface area contributed by atoms with Crippen molar-refractivity contribution in [2.24, 2.45) is 0 Å². The molecule has 0 bridgehead atoms. The fraction of sp³-hybridized carbons (Fsp3) is 0.200. The Labute approximate surface area is 106 Å². The van der Waals surface area contributed by atoms with Crippen LogP contribution in [0.15, 0.2) is 42.5 Å². The molecule has 0 saturated carbocycles. The first-order valence-electron chi connectivity index (χ1n) is 6.08. The van der Waals surface area contributed by atoms with Crippen LogP contribution in [0.1, 0.15) is 17.1 Å². The van der Waals surface area contributed by atoms with Gasteiger partial charge in [-0.2, -0.15) is 5.10 Å². The Morgan fingerprint density at radius 1 is 1.06 bits per heavy atom. The molecule has 0 unspecified atom stereocenters. The van der Waals surface area contributed by atoms with E-state index in [1.165, 1.54) is 11.1 Å². The number of fused-ring (bicyclic) bond motifs is 1. The predicted molar refractivity (Wildman–Crippen MR) is 72.5 cm³/mol. The molecule has 3 rings (SSSR count). The quantitative estimate of drug-likeness (QED) is 0.685. The van der Waals surface area contributed by atoms with E-state index in [1.807, 2.05) is 29.8 Å². The van der Waals surface area contributed by atoms with Gasteiger partial charge in [-0.05, 0) is 32.0 Å². The van der Waals surface area contributed by atoms with Gasteiger partial charge in [0.1, 0.15) is 0 Å². The van der Waals surface area contributed by atoms with Gasteiger partial charge in [-0.15, -0.1) is 0 Å². The minimum Gasteiger partial charge on any atom is -0.264 e. The zero-order valence-corrected chi connectivity index (χ0v) is 10.6. The lowest BCUT2D eigenvalue weighted by molar-refractivity contribution is 0.648. The standard InChI is InChI=1S/C15H15N3/c1-11-9-12(2)18(17-11)10-14-8-7-13-5-3-4-6-15(13)16-14/h3-9H,10H2,1-2H3. The second kappa shape index (κ2) is 4.26. The van der Waals surface area contributed by atoms with Gasteiger partial charge in [0.05, 0.1) is 23.4 Å².